The number of nitriles is 1. The molecule has 1 unspecified atom stereocenters. The summed E-state index contributed by atoms with van der Waals surface area (Å²) in [5.41, 5.74) is 0.280. The summed E-state index contributed by atoms with van der Waals surface area (Å²) < 4.78 is 0. The van der Waals surface area contributed by atoms with Gasteiger partial charge >= 0.3 is 0 Å². The molecule has 0 saturated heterocycles. The van der Waals surface area contributed by atoms with Crippen molar-refractivity contribution >= 4 is 29.1 Å². The van der Waals surface area contributed by atoms with E-state index in [1.54, 1.807) is 18.2 Å². The quantitative estimate of drug-likeness (QED) is 0.904. The standard InChI is InChI=1S/C11H10Cl2N2O/c1-2-7(6-14)15-11(16)8-4-3-5-9(12)10(8)13/h3-5,7H,2H2,1H3,(H,15,16). The fraction of sp³-hybridized carbons (Fsp3) is 0.273. The van der Waals surface area contributed by atoms with Gasteiger partial charge in [-0.2, -0.15) is 5.26 Å². The molecule has 1 aromatic rings. The zero-order chi connectivity index (χ0) is 12.1. The third kappa shape index (κ3) is 2.88. The summed E-state index contributed by atoms with van der Waals surface area (Å²) in [4.78, 5) is 11.7. The van der Waals surface area contributed by atoms with Crippen LogP contribution in [0.5, 0.6) is 0 Å². The lowest BCUT2D eigenvalue weighted by atomic mass is 10.2. The molecule has 5 heteroatoms. The largest absolute Gasteiger partial charge is 0.336 e. The van der Waals surface area contributed by atoms with Gasteiger partial charge in [0.1, 0.15) is 6.04 Å². The minimum absolute atomic E-state index is 0.203. The maximum atomic E-state index is 11.7. The maximum Gasteiger partial charge on any atom is 0.253 e. The molecule has 0 radical (unpaired) electrons. The molecule has 0 aliphatic carbocycles. The molecule has 0 aliphatic heterocycles. The monoisotopic (exact) mass is 256 g/mol. The summed E-state index contributed by atoms with van der Waals surface area (Å²) in [5, 5.41) is 11.8. The molecule has 84 valence electrons. The number of benzene rings is 1. The first kappa shape index (κ1) is 12.8. The molecular formula is C11H10Cl2N2O. The Kier molecular flexibility index (Phi) is 4.60. The van der Waals surface area contributed by atoms with Crippen molar-refractivity contribution in [2.75, 3.05) is 0 Å². The van der Waals surface area contributed by atoms with Crippen molar-refractivity contribution in [1.82, 2.24) is 5.32 Å². The van der Waals surface area contributed by atoms with Crippen molar-refractivity contribution in [3.05, 3.63) is 33.8 Å². The number of amides is 1. The van der Waals surface area contributed by atoms with Crippen LogP contribution in [-0.4, -0.2) is 11.9 Å². The van der Waals surface area contributed by atoms with Crippen molar-refractivity contribution in [2.45, 2.75) is 19.4 Å². The van der Waals surface area contributed by atoms with Crippen LogP contribution in [-0.2, 0) is 0 Å². The van der Waals surface area contributed by atoms with Gasteiger partial charge in [-0.25, -0.2) is 0 Å². The average molecular weight is 257 g/mol. The molecule has 1 amide bonds. The molecule has 0 heterocycles. The molecule has 1 rings (SSSR count). The molecule has 0 aromatic heterocycles. The van der Waals surface area contributed by atoms with E-state index in [1.807, 2.05) is 13.0 Å². The van der Waals surface area contributed by atoms with Crippen molar-refractivity contribution < 1.29 is 4.79 Å². The molecule has 0 fully saturated rings. The van der Waals surface area contributed by atoms with Gasteiger partial charge in [0.25, 0.3) is 5.91 Å². The molecule has 0 bridgehead atoms. The van der Waals surface area contributed by atoms with Gasteiger partial charge in [-0.05, 0) is 18.6 Å². The van der Waals surface area contributed by atoms with Gasteiger partial charge in [0, 0.05) is 0 Å². The van der Waals surface area contributed by atoms with Crippen LogP contribution in [0.3, 0.4) is 0 Å². The van der Waals surface area contributed by atoms with Gasteiger partial charge in [0.2, 0.25) is 0 Å². The van der Waals surface area contributed by atoms with E-state index in [1.165, 1.54) is 0 Å². The van der Waals surface area contributed by atoms with E-state index >= 15 is 0 Å². The highest BCUT2D eigenvalue weighted by Gasteiger charge is 2.15. The summed E-state index contributed by atoms with van der Waals surface area (Å²) in [5.74, 6) is -0.388. The second-order valence-corrected chi connectivity index (χ2v) is 3.95. The molecule has 0 spiro atoms. The van der Waals surface area contributed by atoms with Gasteiger partial charge in [-0.3, -0.25) is 4.79 Å². The number of hydrogen-bond acceptors (Lipinski definition) is 2. The lowest BCUT2D eigenvalue weighted by Gasteiger charge is -2.10. The topological polar surface area (TPSA) is 52.9 Å². The summed E-state index contributed by atoms with van der Waals surface area (Å²) >= 11 is 11.7. The van der Waals surface area contributed by atoms with Gasteiger partial charge in [0.05, 0.1) is 21.7 Å². The molecule has 3 nitrogen and oxygen atoms in total. The molecule has 16 heavy (non-hydrogen) atoms. The summed E-state index contributed by atoms with van der Waals surface area (Å²) in [6.45, 7) is 1.81. The van der Waals surface area contributed by atoms with Crippen LogP contribution < -0.4 is 5.32 Å². The molecule has 1 N–H and O–H groups in total. The van der Waals surface area contributed by atoms with Crippen molar-refractivity contribution in [1.29, 1.82) is 5.26 Å². The summed E-state index contributed by atoms with van der Waals surface area (Å²) in [7, 11) is 0. The van der Waals surface area contributed by atoms with E-state index in [2.05, 4.69) is 5.32 Å². The molecule has 0 saturated carbocycles. The Morgan fingerprint density at radius 3 is 2.81 bits per heavy atom. The molecular weight excluding hydrogens is 247 g/mol. The number of carbonyl (C=O) groups is 1. The third-order valence-electron chi connectivity index (χ3n) is 2.07. The Balaban J connectivity index is 2.90. The average Bonchev–Trinajstić information content (AvgIpc) is 2.29. The van der Waals surface area contributed by atoms with Crippen molar-refractivity contribution in [3.8, 4) is 6.07 Å². The van der Waals surface area contributed by atoms with Gasteiger partial charge in [-0.1, -0.05) is 36.2 Å². The molecule has 1 aromatic carbocycles. The highest BCUT2D eigenvalue weighted by molar-refractivity contribution is 6.43. The number of hydrogen-bond donors (Lipinski definition) is 1. The minimum atomic E-state index is -0.512. The number of halogens is 2. The Morgan fingerprint density at radius 1 is 1.56 bits per heavy atom. The first-order chi connectivity index (χ1) is 7.60. The second kappa shape index (κ2) is 5.74. The van der Waals surface area contributed by atoms with Crippen LogP contribution in [0.15, 0.2) is 18.2 Å². The van der Waals surface area contributed by atoms with Crippen LogP contribution in [0.1, 0.15) is 23.7 Å². The Labute approximate surface area is 104 Å². The maximum absolute atomic E-state index is 11.7. The first-order valence-electron chi connectivity index (χ1n) is 4.74. The van der Waals surface area contributed by atoms with Gasteiger partial charge in [-0.15, -0.1) is 0 Å². The number of carbonyl (C=O) groups excluding carboxylic acids is 1. The fourth-order valence-electron chi connectivity index (χ4n) is 1.14. The van der Waals surface area contributed by atoms with E-state index in [9.17, 15) is 4.79 Å². The van der Waals surface area contributed by atoms with Crippen LogP contribution in [0.25, 0.3) is 0 Å². The number of rotatable bonds is 3. The van der Waals surface area contributed by atoms with E-state index in [0.29, 0.717) is 11.4 Å². The zero-order valence-electron chi connectivity index (χ0n) is 8.63. The first-order valence-corrected chi connectivity index (χ1v) is 5.50. The minimum Gasteiger partial charge on any atom is -0.336 e. The molecule has 1 atom stereocenters. The summed E-state index contributed by atoms with van der Waals surface area (Å²) in [6, 6.07) is 6.26. The zero-order valence-corrected chi connectivity index (χ0v) is 10.1. The highest BCUT2D eigenvalue weighted by Crippen LogP contribution is 2.25. The van der Waals surface area contributed by atoms with E-state index < -0.39 is 6.04 Å². The normalized spacial score (nSPS) is 11.6. The smallest absolute Gasteiger partial charge is 0.253 e. The second-order valence-electron chi connectivity index (χ2n) is 3.16. The van der Waals surface area contributed by atoms with Crippen molar-refractivity contribution in [3.63, 3.8) is 0 Å². The van der Waals surface area contributed by atoms with Crippen LogP contribution >= 0.6 is 23.2 Å². The van der Waals surface area contributed by atoms with Crippen molar-refractivity contribution in [2.24, 2.45) is 0 Å². The Hall–Kier alpha value is -1.24. The predicted molar refractivity (Wildman–Crippen MR) is 63.6 cm³/mol. The third-order valence-corrected chi connectivity index (χ3v) is 2.88. The Bertz CT molecular complexity index is 440. The summed E-state index contributed by atoms with van der Waals surface area (Å²) in [6.07, 6.45) is 0.542. The fourth-order valence-corrected chi connectivity index (χ4v) is 1.53. The number of nitrogens with one attached hydrogen (secondary N) is 1. The van der Waals surface area contributed by atoms with E-state index in [0.717, 1.165) is 0 Å². The predicted octanol–water partition coefficient (Wildman–Crippen LogP) is 3.03. The van der Waals surface area contributed by atoms with Crippen LogP contribution in [0.4, 0.5) is 0 Å². The van der Waals surface area contributed by atoms with E-state index in [-0.39, 0.29) is 16.5 Å². The van der Waals surface area contributed by atoms with Gasteiger partial charge in [0.15, 0.2) is 0 Å². The Morgan fingerprint density at radius 2 is 2.25 bits per heavy atom. The highest BCUT2D eigenvalue weighted by atomic mass is 35.5. The SMILES string of the molecule is CCC(C#N)NC(=O)c1cccc(Cl)c1Cl. The lowest BCUT2D eigenvalue weighted by molar-refractivity contribution is 0.0945. The van der Waals surface area contributed by atoms with Crippen LogP contribution in [0, 0.1) is 11.3 Å². The van der Waals surface area contributed by atoms with E-state index in [4.69, 9.17) is 28.5 Å². The lowest BCUT2D eigenvalue weighted by Crippen LogP contribution is -2.33. The van der Waals surface area contributed by atoms with Gasteiger partial charge < -0.3 is 5.32 Å². The van der Waals surface area contributed by atoms with Crippen LogP contribution in [0.2, 0.25) is 10.0 Å². The molecule has 0 aliphatic rings. The number of nitrogens with zero attached hydrogens (tertiary/aromatic N) is 1.